The maximum absolute atomic E-state index is 12.3. The number of nitrogens with two attached hydrogens (primary N) is 2. The Bertz CT molecular complexity index is 1060. The molecule has 0 unspecified atom stereocenters. The highest BCUT2D eigenvalue weighted by molar-refractivity contribution is 7.21. The topological polar surface area (TPSA) is 136 Å². The van der Waals surface area contributed by atoms with Gasteiger partial charge in [0.25, 0.3) is 12.4 Å². The number of benzene rings is 1. The Kier molecular flexibility index (Phi) is 6.48. The van der Waals surface area contributed by atoms with Gasteiger partial charge in [0.1, 0.15) is 15.5 Å². The Hall–Kier alpha value is -3.24. The van der Waals surface area contributed by atoms with Gasteiger partial charge in [-0.1, -0.05) is 0 Å². The van der Waals surface area contributed by atoms with Crippen LogP contribution in [0.15, 0.2) is 24.3 Å². The number of anilines is 2. The predicted molar refractivity (Wildman–Crippen MR) is 118 cm³/mol. The normalized spacial score (nSPS) is 13.8. The average Bonchev–Trinajstić information content (AvgIpc) is 3.03. The van der Waals surface area contributed by atoms with Gasteiger partial charge in [-0.2, -0.15) is 5.10 Å². The van der Waals surface area contributed by atoms with E-state index in [1.165, 1.54) is 11.3 Å². The van der Waals surface area contributed by atoms with Crippen molar-refractivity contribution < 1.29 is 14.3 Å². The largest absolute Gasteiger partial charge is 0.429 e. The summed E-state index contributed by atoms with van der Waals surface area (Å²) in [4.78, 5) is 25.5. The number of nitrogens with one attached hydrogen (secondary N) is 1. The van der Waals surface area contributed by atoms with Crippen LogP contribution >= 0.6 is 11.3 Å². The molecular formula is C20H24N6O3S. The number of likely N-dealkylation sites (N-methyl/N-ethyl adjacent to an activating group) is 1. The maximum Gasteiger partial charge on any atom is 0.298 e. The van der Waals surface area contributed by atoms with Crippen molar-refractivity contribution in [3.63, 3.8) is 0 Å². The molecule has 0 radical (unpaired) electrons. The van der Waals surface area contributed by atoms with Crippen molar-refractivity contribution in [1.82, 2.24) is 20.4 Å². The first-order chi connectivity index (χ1) is 14.3. The molecule has 0 spiro atoms. The molecule has 1 fully saturated rings. The number of carbonyl (C=O) groups is 2. The Morgan fingerprint density at radius 2 is 1.90 bits per heavy atom. The second-order valence-electron chi connectivity index (χ2n) is 7.11. The van der Waals surface area contributed by atoms with Gasteiger partial charge in [-0.05, 0) is 50.7 Å². The summed E-state index contributed by atoms with van der Waals surface area (Å²) < 4.78 is 4.52. The van der Waals surface area contributed by atoms with E-state index in [9.17, 15) is 9.59 Å². The first-order valence-electron chi connectivity index (χ1n) is 9.27. The van der Waals surface area contributed by atoms with Gasteiger partial charge in [-0.3, -0.25) is 9.59 Å². The van der Waals surface area contributed by atoms with E-state index >= 15 is 0 Å². The number of thiophene rings is 1. The average molecular weight is 429 g/mol. The number of nitrogens with zero attached hydrogens (tertiary/aromatic N) is 3. The maximum atomic E-state index is 12.3. The van der Waals surface area contributed by atoms with Crippen LogP contribution in [0, 0.1) is 13.8 Å². The predicted octanol–water partition coefficient (Wildman–Crippen LogP) is 1.74. The highest BCUT2D eigenvalue weighted by atomic mass is 32.1. The Morgan fingerprint density at radius 3 is 2.50 bits per heavy atom. The van der Waals surface area contributed by atoms with Crippen LogP contribution in [-0.4, -0.2) is 53.7 Å². The van der Waals surface area contributed by atoms with E-state index < -0.39 is 0 Å². The number of amides is 1. The smallest absolute Gasteiger partial charge is 0.298 e. The lowest BCUT2D eigenvalue weighted by Gasteiger charge is -2.36. The van der Waals surface area contributed by atoms with Crippen LogP contribution in [0.1, 0.15) is 20.9 Å². The van der Waals surface area contributed by atoms with Crippen LogP contribution in [0.4, 0.5) is 11.4 Å². The van der Waals surface area contributed by atoms with Gasteiger partial charge in [0.05, 0.1) is 17.4 Å². The first-order valence-corrected chi connectivity index (χ1v) is 10.1. The molecule has 1 saturated heterocycles. The van der Waals surface area contributed by atoms with Gasteiger partial charge in [-0.15, -0.1) is 16.4 Å². The fraction of sp³-hybridized carbons (Fsp3) is 0.300. The molecule has 1 aliphatic heterocycles. The zero-order chi connectivity index (χ0) is 21.8. The summed E-state index contributed by atoms with van der Waals surface area (Å²) in [5, 5.41) is 12.1. The van der Waals surface area contributed by atoms with Crippen LogP contribution in [0.5, 0.6) is 5.75 Å². The molecule has 3 aromatic rings. The molecular weight excluding hydrogens is 404 g/mol. The Morgan fingerprint density at radius 1 is 1.23 bits per heavy atom. The van der Waals surface area contributed by atoms with E-state index in [0.717, 1.165) is 34.6 Å². The lowest BCUT2D eigenvalue weighted by atomic mass is 10.1. The van der Waals surface area contributed by atoms with E-state index in [1.54, 1.807) is 24.3 Å². The SMILES string of the molecule is Cc1nnc2sc(C(=O)NC3CN(C)C3)c(N)c2c1C.Nc1ccc(OC=O)cc1. The molecule has 30 heavy (non-hydrogen) atoms. The number of aromatic nitrogens is 2. The summed E-state index contributed by atoms with van der Waals surface area (Å²) in [6.45, 7) is 6.00. The number of ether oxygens (including phenoxy) is 1. The van der Waals surface area contributed by atoms with Gasteiger partial charge < -0.3 is 26.4 Å². The third-order valence-corrected chi connectivity index (χ3v) is 5.89. The zero-order valence-corrected chi connectivity index (χ0v) is 17.8. The highest BCUT2D eigenvalue weighted by Gasteiger charge is 2.27. The number of hydrogen-bond donors (Lipinski definition) is 3. The van der Waals surface area contributed by atoms with Gasteiger partial charge in [-0.25, -0.2) is 0 Å². The van der Waals surface area contributed by atoms with E-state index in [2.05, 4.69) is 25.2 Å². The van der Waals surface area contributed by atoms with Crippen LogP contribution in [-0.2, 0) is 4.79 Å². The lowest BCUT2D eigenvalue weighted by Crippen LogP contribution is -2.57. The number of carbonyl (C=O) groups excluding carboxylic acids is 2. The van der Waals surface area contributed by atoms with Gasteiger partial charge >= 0.3 is 0 Å². The third kappa shape index (κ3) is 4.66. The summed E-state index contributed by atoms with van der Waals surface area (Å²) in [5.41, 5.74) is 14.5. The fourth-order valence-corrected chi connectivity index (χ4v) is 4.06. The molecule has 3 heterocycles. The summed E-state index contributed by atoms with van der Waals surface area (Å²) >= 11 is 1.31. The first kappa shape index (κ1) is 21.5. The summed E-state index contributed by atoms with van der Waals surface area (Å²) in [6.07, 6.45) is 0. The molecule has 0 aliphatic carbocycles. The summed E-state index contributed by atoms with van der Waals surface area (Å²) in [5.74, 6) is 0.393. The number of aryl methyl sites for hydroxylation is 2. The monoisotopic (exact) mass is 428 g/mol. The van der Waals surface area contributed by atoms with E-state index in [0.29, 0.717) is 28.5 Å². The van der Waals surface area contributed by atoms with Crippen LogP contribution in [0.25, 0.3) is 10.2 Å². The molecule has 0 bridgehead atoms. The summed E-state index contributed by atoms with van der Waals surface area (Å²) in [6, 6.07) is 6.80. The molecule has 1 aromatic carbocycles. The molecule has 158 valence electrons. The van der Waals surface area contributed by atoms with Crippen molar-refractivity contribution in [2.24, 2.45) is 0 Å². The molecule has 5 N–H and O–H groups in total. The molecule has 4 rings (SSSR count). The number of fused-ring (bicyclic) bond motifs is 1. The van der Waals surface area contributed by atoms with Gasteiger partial charge in [0, 0.05) is 24.2 Å². The zero-order valence-electron chi connectivity index (χ0n) is 17.0. The van der Waals surface area contributed by atoms with Gasteiger partial charge in [0.15, 0.2) is 0 Å². The lowest BCUT2D eigenvalue weighted by molar-refractivity contribution is -0.120. The third-order valence-electron chi connectivity index (χ3n) is 4.80. The van der Waals surface area contributed by atoms with E-state index in [1.807, 2.05) is 20.9 Å². The molecule has 10 heteroatoms. The van der Waals surface area contributed by atoms with Crippen molar-refractivity contribution in [1.29, 1.82) is 0 Å². The highest BCUT2D eigenvalue weighted by Crippen LogP contribution is 2.34. The van der Waals surface area contributed by atoms with Gasteiger partial charge in [0.2, 0.25) is 0 Å². The van der Waals surface area contributed by atoms with Crippen LogP contribution in [0.2, 0.25) is 0 Å². The number of nitrogen functional groups attached to an aromatic ring is 2. The molecule has 0 saturated carbocycles. The molecule has 0 atom stereocenters. The number of rotatable bonds is 4. The molecule has 1 amide bonds. The van der Waals surface area contributed by atoms with Crippen molar-refractivity contribution in [3.8, 4) is 5.75 Å². The fourth-order valence-electron chi connectivity index (χ4n) is 3.05. The second-order valence-corrected chi connectivity index (χ2v) is 8.11. The molecule has 9 nitrogen and oxygen atoms in total. The Balaban J connectivity index is 0.000000216. The van der Waals surface area contributed by atoms with Crippen molar-refractivity contribution in [3.05, 3.63) is 40.4 Å². The van der Waals surface area contributed by atoms with E-state index in [4.69, 9.17) is 11.5 Å². The van der Waals surface area contributed by atoms with Crippen molar-refractivity contribution in [2.45, 2.75) is 19.9 Å². The van der Waals surface area contributed by atoms with Crippen molar-refractivity contribution >= 4 is 45.3 Å². The minimum atomic E-state index is -0.111. The Labute approximate surface area is 178 Å². The minimum absolute atomic E-state index is 0.111. The number of hydrogen-bond acceptors (Lipinski definition) is 9. The summed E-state index contributed by atoms with van der Waals surface area (Å²) in [7, 11) is 2.03. The minimum Gasteiger partial charge on any atom is -0.429 e. The second kappa shape index (κ2) is 9.06. The number of likely N-dealkylation sites (tertiary alicyclic amines) is 1. The quantitative estimate of drug-likeness (QED) is 0.422. The van der Waals surface area contributed by atoms with E-state index in [-0.39, 0.29) is 11.9 Å². The van der Waals surface area contributed by atoms with Crippen molar-refractivity contribution in [2.75, 3.05) is 31.6 Å². The van der Waals surface area contributed by atoms with Crippen LogP contribution in [0.3, 0.4) is 0 Å². The molecule has 2 aromatic heterocycles. The van der Waals surface area contributed by atoms with Crippen LogP contribution < -0.4 is 21.5 Å². The molecule has 1 aliphatic rings. The standard InChI is InChI=1S/C13H17N5OS.C7H7NO2/c1-6-7(2)16-17-13-9(6)10(14)11(20-13)12(19)15-8-4-18(3)5-8;8-6-1-3-7(4-2-6)10-5-9/h8H,4-5,14H2,1-3H3,(H,15,19);1-5H,8H2.